The van der Waals surface area contributed by atoms with Crippen molar-refractivity contribution in [3.63, 3.8) is 0 Å². The smallest absolute Gasteiger partial charge is 0.171 e. The predicted octanol–water partition coefficient (Wildman–Crippen LogP) is 3.38. The van der Waals surface area contributed by atoms with Crippen LogP contribution in [0.5, 0.6) is 0 Å². The Morgan fingerprint density at radius 2 is 1.54 bits per heavy atom. The lowest BCUT2D eigenvalue weighted by Gasteiger charge is -2.15. The highest BCUT2D eigenvalue weighted by atomic mass is 19.4. The van der Waals surface area contributed by atoms with E-state index in [4.69, 9.17) is 0 Å². The molecule has 0 heterocycles. The highest BCUT2D eigenvalue weighted by Crippen LogP contribution is 2.56. The van der Waals surface area contributed by atoms with Gasteiger partial charge in [-0.25, -0.2) is 0 Å². The Morgan fingerprint density at radius 1 is 1.08 bits per heavy atom. The Labute approximate surface area is 70.9 Å². The Morgan fingerprint density at radius 3 is 1.77 bits per heavy atom. The van der Waals surface area contributed by atoms with Crippen molar-refractivity contribution in [1.82, 2.24) is 0 Å². The molecule has 78 valence electrons. The largest absolute Gasteiger partial charge is 0.392 e. The van der Waals surface area contributed by atoms with Crippen LogP contribution in [0, 0.1) is 17.8 Å². The molecule has 0 N–H and O–H groups in total. The summed E-state index contributed by atoms with van der Waals surface area (Å²) < 4.78 is 71.4. The van der Waals surface area contributed by atoms with Gasteiger partial charge in [0, 0.05) is 0 Å². The van der Waals surface area contributed by atoms with Crippen LogP contribution in [-0.4, -0.2) is 12.4 Å². The maximum Gasteiger partial charge on any atom is 0.392 e. The van der Waals surface area contributed by atoms with Gasteiger partial charge in [0.05, 0.1) is 11.8 Å². The number of halogens is 6. The van der Waals surface area contributed by atoms with Crippen molar-refractivity contribution in [3.05, 3.63) is 0 Å². The summed E-state index contributed by atoms with van der Waals surface area (Å²) in [5, 5.41) is 0. The molecule has 6 heteroatoms. The lowest BCUT2D eigenvalue weighted by molar-refractivity contribution is -0.189. The fourth-order valence-corrected chi connectivity index (χ4v) is 1.39. The molecule has 0 aromatic rings. The molecule has 0 aliphatic heterocycles. The number of rotatable bonds is 1. The summed E-state index contributed by atoms with van der Waals surface area (Å²) in [5.74, 6) is -4.86. The molecule has 0 aromatic carbocycles. The van der Waals surface area contributed by atoms with Crippen molar-refractivity contribution < 1.29 is 26.3 Å². The van der Waals surface area contributed by atoms with Gasteiger partial charge >= 0.3 is 12.4 Å². The van der Waals surface area contributed by atoms with E-state index in [1.807, 2.05) is 0 Å². The Hall–Kier alpha value is -0.420. The highest BCUT2D eigenvalue weighted by molar-refractivity contribution is 4.96. The van der Waals surface area contributed by atoms with Crippen molar-refractivity contribution in [3.8, 4) is 0 Å². The molecule has 1 saturated carbocycles. The third-order valence-corrected chi connectivity index (χ3v) is 2.42. The first-order valence-corrected chi connectivity index (χ1v) is 3.77. The third kappa shape index (κ3) is 2.28. The van der Waals surface area contributed by atoms with Crippen LogP contribution in [0.3, 0.4) is 0 Å². The molecule has 0 spiro atoms. The Balaban J connectivity index is 2.52. The monoisotopic (exact) mass is 206 g/mol. The molecule has 13 heavy (non-hydrogen) atoms. The summed E-state index contributed by atoms with van der Waals surface area (Å²) in [7, 11) is 0. The van der Waals surface area contributed by atoms with Crippen molar-refractivity contribution in [2.45, 2.75) is 25.7 Å². The quantitative estimate of drug-likeness (QED) is 0.577. The van der Waals surface area contributed by atoms with Crippen molar-refractivity contribution in [2.24, 2.45) is 17.8 Å². The van der Waals surface area contributed by atoms with Crippen LogP contribution in [0.15, 0.2) is 0 Å². The summed E-state index contributed by atoms with van der Waals surface area (Å²) in [6, 6.07) is 0. The van der Waals surface area contributed by atoms with E-state index < -0.39 is 30.1 Å². The van der Waals surface area contributed by atoms with Gasteiger partial charge in [-0.3, -0.25) is 0 Å². The minimum absolute atomic E-state index is 0.385. The zero-order chi connectivity index (χ0) is 10.4. The number of hydrogen-bond donors (Lipinski definition) is 0. The predicted molar refractivity (Wildman–Crippen MR) is 32.9 cm³/mol. The highest BCUT2D eigenvalue weighted by Gasteiger charge is 2.61. The van der Waals surface area contributed by atoms with Crippen LogP contribution in [0.4, 0.5) is 26.3 Å². The minimum Gasteiger partial charge on any atom is -0.171 e. The SMILES string of the molecule is CC(C1CC1C(F)(F)F)C(F)(F)F. The molecule has 0 aromatic heterocycles. The van der Waals surface area contributed by atoms with Gasteiger partial charge in [0.1, 0.15) is 0 Å². The van der Waals surface area contributed by atoms with E-state index in [1.54, 1.807) is 0 Å². The Kier molecular flexibility index (Phi) is 2.28. The molecular weight excluding hydrogens is 198 g/mol. The van der Waals surface area contributed by atoms with Crippen molar-refractivity contribution >= 4 is 0 Å². The zero-order valence-electron chi connectivity index (χ0n) is 6.71. The van der Waals surface area contributed by atoms with Gasteiger partial charge in [-0.1, -0.05) is 6.92 Å². The normalized spacial score (nSPS) is 31.6. The fraction of sp³-hybridized carbons (Fsp3) is 1.00. The first kappa shape index (κ1) is 10.7. The van der Waals surface area contributed by atoms with Gasteiger partial charge in [0.25, 0.3) is 0 Å². The first-order chi connectivity index (χ1) is 5.64. The maximum absolute atomic E-state index is 11.9. The van der Waals surface area contributed by atoms with Crippen LogP contribution in [0.25, 0.3) is 0 Å². The van der Waals surface area contributed by atoms with E-state index in [1.165, 1.54) is 0 Å². The molecule has 0 amide bonds. The molecule has 1 aliphatic carbocycles. The van der Waals surface area contributed by atoms with Gasteiger partial charge in [-0.2, -0.15) is 26.3 Å². The van der Waals surface area contributed by atoms with Gasteiger partial charge in [0.15, 0.2) is 0 Å². The molecule has 0 bridgehead atoms. The third-order valence-electron chi connectivity index (χ3n) is 2.42. The number of alkyl halides is 6. The second-order valence-electron chi connectivity index (χ2n) is 3.38. The van der Waals surface area contributed by atoms with Crippen LogP contribution in [-0.2, 0) is 0 Å². The summed E-state index contributed by atoms with van der Waals surface area (Å²) in [5.41, 5.74) is 0. The average Bonchev–Trinajstić information content (AvgIpc) is 2.58. The van der Waals surface area contributed by atoms with Crippen molar-refractivity contribution in [1.29, 1.82) is 0 Å². The summed E-state index contributed by atoms with van der Waals surface area (Å²) >= 11 is 0. The van der Waals surface area contributed by atoms with Gasteiger partial charge in [-0.05, 0) is 12.3 Å². The lowest BCUT2D eigenvalue weighted by Crippen LogP contribution is -2.24. The summed E-state index contributed by atoms with van der Waals surface area (Å²) in [6.07, 6.45) is -9.36. The van der Waals surface area contributed by atoms with E-state index in [0.717, 1.165) is 6.92 Å². The molecule has 1 rings (SSSR count). The van der Waals surface area contributed by atoms with Crippen LogP contribution >= 0.6 is 0 Å². The zero-order valence-corrected chi connectivity index (χ0v) is 6.71. The van der Waals surface area contributed by atoms with Crippen LogP contribution < -0.4 is 0 Å². The van der Waals surface area contributed by atoms with Gasteiger partial charge in [-0.15, -0.1) is 0 Å². The Bertz CT molecular complexity index is 190. The van der Waals surface area contributed by atoms with E-state index >= 15 is 0 Å². The molecule has 3 atom stereocenters. The molecular formula is C7H8F6. The molecule has 3 unspecified atom stereocenters. The second kappa shape index (κ2) is 2.78. The fourth-order valence-electron chi connectivity index (χ4n) is 1.39. The van der Waals surface area contributed by atoms with Crippen LogP contribution in [0.1, 0.15) is 13.3 Å². The molecule has 0 nitrogen and oxygen atoms in total. The standard InChI is InChI=1S/C7H8F6/c1-3(6(8,9)10)4-2-5(4)7(11,12)13/h3-5H,2H2,1H3. The van der Waals surface area contributed by atoms with Crippen molar-refractivity contribution in [2.75, 3.05) is 0 Å². The van der Waals surface area contributed by atoms with E-state index in [9.17, 15) is 26.3 Å². The van der Waals surface area contributed by atoms with E-state index in [0.29, 0.717) is 0 Å². The topological polar surface area (TPSA) is 0 Å². The summed E-state index contributed by atoms with van der Waals surface area (Å²) in [4.78, 5) is 0. The first-order valence-electron chi connectivity index (χ1n) is 3.77. The van der Waals surface area contributed by atoms with E-state index in [-0.39, 0.29) is 6.42 Å². The van der Waals surface area contributed by atoms with Crippen LogP contribution in [0.2, 0.25) is 0 Å². The molecule has 1 aliphatic rings. The molecule has 0 radical (unpaired) electrons. The molecule has 1 fully saturated rings. The maximum atomic E-state index is 11.9. The second-order valence-corrected chi connectivity index (χ2v) is 3.38. The van der Waals surface area contributed by atoms with E-state index in [2.05, 4.69) is 0 Å². The van der Waals surface area contributed by atoms with Gasteiger partial charge in [0.2, 0.25) is 0 Å². The number of hydrogen-bond acceptors (Lipinski definition) is 0. The summed E-state index contributed by atoms with van der Waals surface area (Å²) in [6.45, 7) is 0.802. The average molecular weight is 206 g/mol. The lowest BCUT2D eigenvalue weighted by atomic mass is 10.0. The molecule has 0 saturated heterocycles. The van der Waals surface area contributed by atoms with Gasteiger partial charge < -0.3 is 0 Å². The minimum atomic E-state index is -4.51.